The highest BCUT2D eigenvalue weighted by atomic mass is 32.1. The molecule has 1 aliphatic rings. The second-order valence-corrected chi connectivity index (χ2v) is 7.16. The molecule has 1 aromatic heterocycles. The molecule has 0 radical (unpaired) electrons. The number of carbonyl (C=O) groups excluding carboxylic acids is 1. The lowest BCUT2D eigenvalue weighted by Crippen LogP contribution is -2.49. The number of hydrogen-bond acceptors (Lipinski definition) is 4. The predicted octanol–water partition coefficient (Wildman–Crippen LogP) is 1.75. The van der Waals surface area contributed by atoms with E-state index < -0.39 is 0 Å². The van der Waals surface area contributed by atoms with Crippen molar-refractivity contribution in [2.45, 2.75) is 32.2 Å². The molecule has 1 saturated heterocycles. The Morgan fingerprint density at radius 3 is 2.75 bits per heavy atom. The standard InChI is InChI=1S/C17H29N5OS/c1-4-9-18-17(19-13-15(23)21(2)3)20-14-7-10-22(11-8-14)16-6-5-12-24-16/h5-6,12,14H,4,7-11,13H2,1-3H3,(H2,18,19,20). The van der Waals surface area contributed by atoms with Gasteiger partial charge in [-0.25, -0.2) is 4.99 Å². The van der Waals surface area contributed by atoms with Crippen molar-refractivity contribution in [2.24, 2.45) is 4.99 Å². The summed E-state index contributed by atoms with van der Waals surface area (Å²) in [5.74, 6) is 0.765. The first-order valence-corrected chi connectivity index (χ1v) is 9.51. The lowest BCUT2D eigenvalue weighted by atomic mass is 10.1. The number of carbonyl (C=O) groups is 1. The van der Waals surface area contributed by atoms with Crippen molar-refractivity contribution in [2.75, 3.05) is 45.2 Å². The van der Waals surface area contributed by atoms with Crippen LogP contribution in [0.4, 0.5) is 5.00 Å². The molecule has 2 rings (SSSR count). The molecule has 0 atom stereocenters. The monoisotopic (exact) mass is 351 g/mol. The van der Waals surface area contributed by atoms with Crippen molar-refractivity contribution in [3.8, 4) is 0 Å². The summed E-state index contributed by atoms with van der Waals surface area (Å²) in [6.07, 6.45) is 3.18. The van der Waals surface area contributed by atoms with Crippen molar-refractivity contribution in [3.05, 3.63) is 17.5 Å². The minimum absolute atomic E-state index is 0.0140. The normalized spacial score (nSPS) is 16.1. The van der Waals surface area contributed by atoms with Crippen LogP contribution >= 0.6 is 11.3 Å². The molecule has 0 unspecified atom stereocenters. The minimum atomic E-state index is 0.0140. The molecule has 0 spiro atoms. The van der Waals surface area contributed by atoms with E-state index in [2.05, 4.69) is 45.0 Å². The van der Waals surface area contributed by atoms with Crippen LogP contribution in [-0.2, 0) is 4.79 Å². The number of anilines is 1. The van der Waals surface area contributed by atoms with E-state index in [1.807, 2.05) is 0 Å². The van der Waals surface area contributed by atoms with Crippen LogP contribution in [0.25, 0.3) is 0 Å². The summed E-state index contributed by atoms with van der Waals surface area (Å²) in [4.78, 5) is 20.2. The van der Waals surface area contributed by atoms with Gasteiger partial charge in [-0.15, -0.1) is 11.3 Å². The van der Waals surface area contributed by atoms with Gasteiger partial charge in [0.2, 0.25) is 5.91 Å². The van der Waals surface area contributed by atoms with Crippen LogP contribution in [0.5, 0.6) is 0 Å². The fraction of sp³-hybridized carbons (Fsp3) is 0.647. The Bertz CT molecular complexity index is 521. The summed E-state index contributed by atoms with van der Waals surface area (Å²) in [6, 6.07) is 4.69. The molecule has 7 heteroatoms. The van der Waals surface area contributed by atoms with E-state index in [4.69, 9.17) is 0 Å². The maximum atomic E-state index is 11.7. The van der Waals surface area contributed by atoms with E-state index in [0.29, 0.717) is 6.04 Å². The summed E-state index contributed by atoms with van der Waals surface area (Å²) in [7, 11) is 3.51. The first kappa shape index (κ1) is 18.6. The number of thiophene rings is 1. The van der Waals surface area contributed by atoms with Crippen molar-refractivity contribution in [3.63, 3.8) is 0 Å². The molecular formula is C17H29N5OS. The molecule has 1 amide bonds. The van der Waals surface area contributed by atoms with Crippen LogP contribution in [0.3, 0.4) is 0 Å². The van der Waals surface area contributed by atoms with Gasteiger partial charge in [-0.05, 0) is 36.8 Å². The Labute approximate surface area is 148 Å². The SMILES string of the molecule is CCCNC(=NCC(=O)N(C)C)NC1CCN(c2cccs2)CC1. The first-order valence-electron chi connectivity index (χ1n) is 8.63. The number of hydrogen-bond donors (Lipinski definition) is 2. The Balaban J connectivity index is 1.85. The quantitative estimate of drug-likeness (QED) is 0.606. The predicted molar refractivity (Wildman–Crippen MR) is 102 cm³/mol. The van der Waals surface area contributed by atoms with Gasteiger partial charge in [-0.2, -0.15) is 0 Å². The van der Waals surface area contributed by atoms with Crippen LogP contribution in [0.2, 0.25) is 0 Å². The molecule has 1 fully saturated rings. The summed E-state index contributed by atoms with van der Waals surface area (Å²) < 4.78 is 0. The third kappa shape index (κ3) is 5.70. The molecule has 0 saturated carbocycles. The van der Waals surface area contributed by atoms with Crippen LogP contribution in [0.15, 0.2) is 22.5 Å². The van der Waals surface area contributed by atoms with E-state index in [0.717, 1.165) is 44.9 Å². The highest BCUT2D eigenvalue weighted by Gasteiger charge is 2.20. The lowest BCUT2D eigenvalue weighted by Gasteiger charge is -2.33. The molecule has 1 aromatic rings. The number of nitrogens with one attached hydrogen (secondary N) is 2. The molecule has 1 aliphatic heterocycles. The van der Waals surface area contributed by atoms with Crippen molar-refractivity contribution < 1.29 is 4.79 Å². The van der Waals surface area contributed by atoms with Gasteiger partial charge in [0.15, 0.2) is 5.96 Å². The topological polar surface area (TPSA) is 60.0 Å². The average Bonchev–Trinajstić information content (AvgIpc) is 3.12. The molecule has 6 nitrogen and oxygen atoms in total. The molecular weight excluding hydrogens is 322 g/mol. The minimum Gasteiger partial charge on any atom is -0.363 e. The van der Waals surface area contributed by atoms with E-state index >= 15 is 0 Å². The Morgan fingerprint density at radius 1 is 1.42 bits per heavy atom. The highest BCUT2D eigenvalue weighted by Crippen LogP contribution is 2.24. The van der Waals surface area contributed by atoms with Crippen molar-refractivity contribution in [1.29, 1.82) is 0 Å². The van der Waals surface area contributed by atoms with Crippen LogP contribution < -0.4 is 15.5 Å². The zero-order chi connectivity index (χ0) is 17.4. The number of piperidine rings is 1. The number of amides is 1. The second kappa shape index (κ2) is 9.52. The first-order chi connectivity index (χ1) is 11.6. The van der Waals surface area contributed by atoms with Crippen molar-refractivity contribution >= 4 is 28.2 Å². The third-order valence-electron chi connectivity index (χ3n) is 4.07. The van der Waals surface area contributed by atoms with E-state index in [9.17, 15) is 4.79 Å². The number of guanidine groups is 1. The Morgan fingerprint density at radius 2 is 2.17 bits per heavy atom. The number of aliphatic imine (C=N–C) groups is 1. The third-order valence-corrected chi connectivity index (χ3v) is 5.00. The lowest BCUT2D eigenvalue weighted by molar-refractivity contribution is -0.127. The summed E-state index contributed by atoms with van der Waals surface area (Å²) in [5.41, 5.74) is 0. The smallest absolute Gasteiger partial charge is 0.243 e. The van der Waals surface area contributed by atoms with Crippen molar-refractivity contribution in [1.82, 2.24) is 15.5 Å². The van der Waals surface area contributed by atoms with Gasteiger partial charge in [-0.3, -0.25) is 4.79 Å². The molecule has 24 heavy (non-hydrogen) atoms. The molecule has 2 heterocycles. The molecule has 134 valence electrons. The Kier molecular flexibility index (Phi) is 7.36. The Hall–Kier alpha value is -1.76. The van der Waals surface area contributed by atoms with Crippen LogP contribution in [0, 0.1) is 0 Å². The summed E-state index contributed by atoms with van der Waals surface area (Å²) in [6.45, 7) is 5.26. The van der Waals surface area contributed by atoms with Gasteiger partial charge >= 0.3 is 0 Å². The number of nitrogens with zero attached hydrogens (tertiary/aromatic N) is 3. The summed E-state index contributed by atoms with van der Waals surface area (Å²) >= 11 is 1.80. The van der Waals surface area contributed by atoms with Gasteiger partial charge in [0, 0.05) is 39.8 Å². The van der Waals surface area contributed by atoms with Crippen LogP contribution in [0.1, 0.15) is 26.2 Å². The number of rotatable bonds is 6. The highest BCUT2D eigenvalue weighted by molar-refractivity contribution is 7.14. The molecule has 0 aliphatic carbocycles. The van der Waals surface area contributed by atoms with Gasteiger partial charge < -0.3 is 20.4 Å². The average molecular weight is 352 g/mol. The van der Waals surface area contributed by atoms with Gasteiger partial charge in [0.25, 0.3) is 0 Å². The zero-order valence-electron chi connectivity index (χ0n) is 14.9. The number of likely N-dealkylation sites (N-methyl/N-ethyl adjacent to an activating group) is 1. The van der Waals surface area contributed by atoms with Gasteiger partial charge in [0.1, 0.15) is 6.54 Å². The van der Waals surface area contributed by atoms with E-state index in [-0.39, 0.29) is 12.5 Å². The van der Waals surface area contributed by atoms with E-state index in [1.54, 1.807) is 30.3 Å². The summed E-state index contributed by atoms with van der Waals surface area (Å²) in [5, 5.41) is 10.3. The van der Waals surface area contributed by atoms with Gasteiger partial charge in [-0.1, -0.05) is 6.92 Å². The fourth-order valence-corrected chi connectivity index (χ4v) is 3.36. The molecule has 0 bridgehead atoms. The maximum Gasteiger partial charge on any atom is 0.243 e. The fourth-order valence-electron chi connectivity index (χ4n) is 2.57. The maximum absolute atomic E-state index is 11.7. The van der Waals surface area contributed by atoms with Crippen LogP contribution in [-0.4, -0.2) is 63.1 Å². The molecule has 0 aromatic carbocycles. The largest absolute Gasteiger partial charge is 0.363 e. The second-order valence-electron chi connectivity index (χ2n) is 6.24. The van der Waals surface area contributed by atoms with Gasteiger partial charge in [0.05, 0.1) is 5.00 Å². The molecule has 2 N–H and O–H groups in total. The zero-order valence-corrected chi connectivity index (χ0v) is 15.7. The van der Waals surface area contributed by atoms with E-state index in [1.165, 1.54) is 5.00 Å².